The van der Waals surface area contributed by atoms with E-state index in [9.17, 15) is 9.59 Å². The summed E-state index contributed by atoms with van der Waals surface area (Å²) in [5, 5.41) is 3.98. The van der Waals surface area contributed by atoms with E-state index in [0.29, 0.717) is 40.7 Å². The molecule has 0 saturated carbocycles. The summed E-state index contributed by atoms with van der Waals surface area (Å²) < 4.78 is 0.283. The van der Waals surface area contributed by atoms with Gasteiger partial charge in [0.05, 0.1) is 0 Å². The first-order valence-corrected chi connectivity index (χ1v) is 8.56. The highest BCUT2D eigenvalue weighted by Gasteiger charge is 2.09. The summed E-state index contributed by atoms with van der Waals surface area (Å²) >= 11 is 16.8. The van der Waals surface area contributed by atoms with E-state index < -0.39 is 0 Å². The maximum Gasteiger partial charge on any atom is 0.255 e. The van der Waals surface area contributed by atoms with Crippen LogP contribution in [0.25, 0.3) is 0 Å². The van der Waals surface area contributed by atoms with Crippen molar-refractivity contribution in [2.45, 2.75) is 26.2 Å². The number of aromatic amines is 2. The summed E-state index contributed by atoms with van der Waals surface area (Å²) in [6.45, 7) is 2.23. The molecular formula is C16H17Cl2N3O2S. The standard InChI is InChI=1S/C16H17Cl2N3O2S/c1-9-12(15(23)21-16(24)20-9)4-5-14(22)19-7-6-10-2-3-11(17)8-13(10)18/h2-3,8H,4-7H2,1H3,(H,19,22)(H2,20,21,23,24). The quantitative estimate of drug-likeness (QED) is 0.667. The van der Waals surface area contributed by atoms with Gasteiger partial charge in [-0.1, -0.05) is 29.3 Å². The van der Waals surface area contributed by atoms with Crippen molar-refractivity contribution in [3.05, 3.63) is 60.2 Å². The lowest BCUT2D eigenvalue weighted by Crippen LogP contribution is -2.27. The summed E-state index contributed by atoms with van der Waals surface area (Å²) in [7, 11) is 0. The van der Waals surface area contributed by atoms with E-state index in [1.807, 2.05) is 6.07 Å². The number of hydrogen-bond acceptors (Lipinski definition) is 3. The molecule has 0 unspecified atom stereocenters. The second-order valence-corrected chi connectivity index (χ2v) is 6.60. The SMILES string of the molecule is Cc1[nH]c(=S)[nH]c(=O)c1CCC(=O)NCCc1ccc(Cl)cc1Cl. The molecule has 5 nitrogen and oxygen atoms in total. The molecule has 0 saturated heterocycles. The number of carbonyl (C=O) groups excluding carboxylic acids is 1. The molecule has 128 valence electrons. The number of halogens is 2. The van der Waals surface area contributed by atoms with Crippen LogP contribution < -0.4 is 10.9 Å². The summed E-state index contributed by atoms with van der Waals surface area (Å²) in [4.78, 5) is 29.2. The number of rotatable bonds is 6. The predicted octanol–water partition coefficient (Wildman–Crippen LogP) is 3.34. The minimum atomic E-state index is -0.253. The fourth-order valence-electron chi connectivity index (χ4n) is 2.31. The van der Waals surface area contributed by atoms with Gasteiger partial charge in [0.1, 0.15) is 0 Å². The number of benzene rings is 1. The van der Waals surface area contributed by atoms with Crippen molar-refractivity contribution in [2.24, 2.45) is 0 Å². The minimum Gasteiger partial charge on any atom is -0.356 e. The first kappa shape index (κ1) is 18.7. The number of H-pyrrole nitrogens is 2. The minimum absolute atomic E-state index is 0.124. The predicted molar refractivity (Wildman–Crippen MR) is 98.5 cm³/mol. The molecule has 2 rings (SSSR count). The fourth-order valence-corrected chi connectivity index (χ4v) is 3.06. The molecule has 0 atom stereocenters. The number of aryl methyl sites for hydroxylation is 1. The molecule has 0 bridgehead atoms. The van der Waals surface area contributed by atoms with Crippen molar-refractivity contribution < 1.29 is 4.79 Å². The first-order chi connectivity index (χ1) is 11.4. The molecule has 1 amide bonds. The third-order valence-corrected chi connectivity index (χ3v) is 4.38. The lowest BCUT2D eigenvalue weighted by molar-refractivity contribution is -0.121. The van der Waals surface area contributed by atoms with E-state index in [2.05, 4.69) is 15.3 Å². The molecule has 0 spiro atoms. The Kier molecular flexibility index (Phi) is 6.60. The van der Waals surface area contributed by atoms with Gasteiger partial charge in [0.25, 0.3) is 5.56 Å². The Balaban J connectivity index is 1.84. The zero-order valence-corrected chi connectivity index (χ0v) is 15.4. The highest BCUT2D eigenvalue weighted by Crippen LogP contribution is 2.21. The van der Waals surface area contributed by atoms with Crippen LogP contribution in [-0.4, -0.2) is 22.4 Å². The molecule has 8 heteroatoms. The van der Waals surface area contributed by atoms with Crippen molar-refractivity contribution >= 4 is 41.3 Å². The number of hydrogen-bond donors (Lipinski definition) is 3. The third kappa shape index (κ3) is 5.19. The molecule has 0 aliphatic carbocycles. The van der Waals surface area contributed by atoms with Crippen molar-refractivity contribution in [2.75, 3.05) is 6.54 Å². The summed E-state index contributed by atoms with van der Waals surface area (Å²) in [5.41, 5.74) is 1.89. The Morgan fingerprint density at radius 2 is 2.00 bits per heavy atom. The van der Waals surface area contributed by atoms with E-state index in [-0.39, 0.29) is 22.7 Å². The van der Waals surface area contributed by atoms with E-state index >= 15 is 0 Å². The molecule has 1 aromatic heterocycles. The van der Waals surface area contributed by atoms with Crippen LogP contribution in [0.15, 0.2) is 23.0 Å². The van der Waals surface area contributed by atoms with Gasteiger partial charge in [-0.3, -0.25) is 14.6 Å². The van der Waals surface area contributed by atoms with Crippen LogP contribution in [0, 0.1) is 11.7 Å². The monoisotopic (exact) mass is 385 g/mol. The average Bonchev–Trinajstić information content (AvgIpc) is 2.48. The molecular weight excluding hydrogens is 369 g/mol. The number of carbonyl (C=O) groups is 1. The lowest BCUT2D eigenvalue weighted by atomic mass is 10.1. The molecule has 2 aromatic rings. The Hall–Kier alpha value is -1.63. The number of amides is 1. The molecule has 3 N–H and O–H groups in total. The van der Waals surface area contributed by atoms with Gasteiger partial charge >= 0.3 is 0 Å². The average molecular weight is 386 g/mol. The second-order valence-electron chi connectivity index (χ2n) is 5.35. The molecule has 0 aliphatic rings. The summed E-state index contributed by atoms with van der Waals surface area (Å²) in [6.07, 6.45) is 1.18. The van der Waals surface area contributed by atoms with E-state index in [1.54, 1.807) is 19.1 Å². The van der Waals surface area contributed by atoms with Gasteiger partial charge in [0.15, 0.2) is 4.77 Å². The smallest absolute Gasteiger partial charge is 0.255 e. The number of aromatic nitrogens is 2. The van der Waals surface area contributed by atoms with Gasteiger partial charge in [0, 0.05) is 34.3 Å². The van der Waals surface area contributed by atoms with Gasteiger partial charge in [-0.05, 0) is 49.7 Å². The molecule has 0 aliphatic heterocycles. The summed E-state index contributed by atoms with van der Waals surface area (Å²) in [5.74, 6) is -0.124. The van der Waals surface area contributed by atoms with E-state index in [1.165, 1.54) is 0 Å². The van der Waals surface area contributed by atoms with Crippen LogP contribution >= 0.6 is 35.4 Å². The van der Waals surface area contributed by atoms with Crippen LogP contribution in [0.2, 0.25) is 10.0 Å². The van der Waals surface area contributed by atoms with Crippen LogP contribution in [0.4, 0.5) is 0 Å². The molecule has 24 heavy (non-hydrogen) atoms. The van der Waals surface area contributed by atoms with Crippen molar-refractivity contribution in [3.63, 3.8) is 0 Å². The Morgan fingerprint density at radius 3 is 2.67 bits per heavy atom. The zero-order chi connectivity index (χ0) is 17.7. The largest absolute Gasteiger partial charge is 0.356 e. The fraction of sp³-hybridized carbons (Fsp3) is 0.312. The number of nitrogens with one attached hydrogen (secondary N) is 3. The Labute approximate surface area is 154 Å². The summed E-state index contributed by atoms with van der Waals surface area (Å²) in [6, 6.07) is 5.28. The molecule has 1 aromatic carbocycles. The Bertz CT molecular complexity index is 861. The third-order valence-electron chi connectivity index (χ3n) is 3.59. The van der Waals surface area contributed by atoms with Crippen molar-refractivity contribution in [1.82, 2.24) is 15.3 Å². The van der Waals surface area contributed by atoms with Crippen LogP contribution in [0.1, 0.15) is 23.2 Å². The normalized spacial score (nSPS) is 10.6. The van der Waals surface area contributed by atoms with Crippen LogP contribution in [0.3, 0.4) is 0 Å². The molecule has 0 fully saturated rings. The maximum atomic E-state index is 11.9. The van der Waals surface area contributed by atoms with Crippen LogP contribution in [0.5, 0.6) is 0 Å². The Morgan fingerprint density at radius 1 is 1.25 bits per heavy atom. The zero-order valence-electron chi connectivity index (χ0n) is 13.0. The van der Waals surface area contributed by atoms with Crippen molar-refractivity contribution in [3.8, 4) is 0 Å². The molecule has 0 radical (unpaired) electrons. The highest BCUT2D eigenvalue weighted by atomic mass is 35.5. The van der Waals surface area contributed by atoms with Gasteiger partial charge in [0.2, 0.25) is 5.91 Å². The first-order valence-electron chi connectivity index (χ1n) is 7.39. The van der Waals surface area contributed by atoms with Crippen molar-refractivity contribution in [1.29, 1.82) is 0 Å². The highest BCUT2D eigenvalue weighted by molar-refractivity contribution is 7.71. The van der Waals surface area contributed by atoms with Crippen LogP contribution in [-0.2, 0) is 17.6 Å². The van der Waals surface area contributed by atoms with Gasteiger partial charge in [-0.2, -0.15) is 0 Å². The van der Waals surface area contributed by atoms with E-state index in [0.717, 1.165) is 5.56 Å². The second kappa shape index (κ2) is 8.46. The molecule has 1 heterocycles. The van der Waals surface area contributed by atoms with Gasteiger partial charge in [-0.15, -0.1) is 0 Å². The lowest BCUT2D eigenvalue weighted by Gasteiger charge is -2.08. The van der Waals surface area contributed by atoms with Gasteiger partial charge < -0.3 is 10.3 Å². The van der Waals surface area contributed by atoms with E-state index in [4.69, 9.17) is 35.4 Å². The topological polar surface area (TPSA) is 77.8 Å². The maximum absolute atomic E-state index is 11.9. The van der Waals surface area contributed by atoms with Gasteiger partial charge in [-0.25, -0.2) is 0 Å².